The van der Waals surface area contributed by atoms with Gasteiger partial charge in [-0.2, -0.15) is 0 Å². The molecule has 0 aliphatic carbocycles. The van der Waals surface area contributed by atoms with E-state index >= 15 is 0 Å². The molecule has 1 heterocycles. The van der Waals surface area contributed by atoms with Crippen molar-refractivity contribution in [1.82, 2.24) is 10.3 Å². The summed E-state index contributed by atoms with van der Waals surface area (Å²) in [5, 5.41) is 3.31. The number of hydrogen-bond donors (Lipinski definition) is 1. The number of nitrogens with zero attached hydrogens (tertiary/aromatic N) is 1. The van der Waals surface area contributed by atoms with Crippen molar-refractivity contribution >= 4 is 31.9 Å². The molecule has 0 fully saturated rings. The van der Waals surface area contributed by atoms with Crippen molar-refractivity contribution in [3.63, 3.8) is 0 Å². The van der Waals surface area contributed by atoms with E-state index in [1.54, 1.807) is 19.5 Å². The van der Waals surface area contributed by atoms with Crippen LogP contribution in [0.25, 0.3) is 0 Å². The molecule has 112 valence electrons. The summed E-state index contributed by atoms with van der Waals surface area (Å²) in [6, 6.07) is 7.80. The van der Waals surface area contributed by atoms with E-state index in [0.29, 0.717) is 12.4 Å². The Morgan fingerprint density at radius 1 is 1.14 bits per heavy atom. The Morgan fingerprint density at radius 2 is 2.00 bits per heavy atom. The predicted molar refractivity (Wildman–Crippen MR) is 89.7 cm³/mol. The molecular weight excluding hydrogens is 400 g/mol. The zero-order chi connectivity index (χ0) is 15.1. The summed E-state index contributed by atoms with van der Waals surface area (Å²) in [6.07, 6.45) is 3.40. The SMILES string of the molecule is COCCNCc1ccc(Oc2cncc(Br)c2)cc1Br. The third-order valence-corrected chi connectivity index (χ3v) is 3.91. The Kier molecular flexibility index (Phi) is 6.63. The van der Waals surface area contributed by atoms with E-state index in [4.69, 9.17) is 9.47 Å². The van der Waals surface area contributed by atoms with Gasteiger partial charge in [0.1, 0.15) is 11.5 Å². The largest absolute Gasteiger partial charge is 0.456 e. The smallest absolute Gasteiger partial charge is 0.146 e. The third kappa shape index (κ3) is 5.39. The lowest BCUT2D eigenvalue weighted by Crippen LogP contribution is -2.18. The number of benzene rings is 1. The maximum Gasteiger partial charge on any atom is 0.146 e. The topological polar surface area (TPSA) is 43.4 Å². The lowest BCUT2D eigenvalue weighted by molar-refractivity contribution is 0.199. The second-order valence-electron chi connectivity index (χ2n) is 4.36. The normalized spacial score (nSPS) is 10.6. The van der Waals surface area contributed by atoms with Gasteiger partial charge >= 0.3 is 0 Å². The highest BCUT2D eigenvalue weighted by Crippen LogP contribution is 2.27. The highest BCUT2D eigenvalue weighted by Gasteiger charge is 2.04. The zero-order valence-electron chi connectivity index (χ0n) is 11.6. The molecule has 0 radical (unpaired) electrons. The molecule has 1 N–H and O–H groups in total. The highest BCUT2D eigenvalue weighted by atomic mass is 79.9. The standard InChI is InChI=1S/C15H16Br2N2O2/c1-20-5-4-18-8-11-2-3-13(7-15(11)17)21-14-6-12(16)9-19-10-14/h2-3,6-7,9-10,18H,4-5,8H2,1H3. The molecule has 0 spiro atoms. The molecule has 0 saturated heterocycles. The molecule has 0 aliphatic heterocycles. The van der Waals surface area contributed by atoms with Gasteiger partial charge in [0.2, 0.25) is 0 Å². The number of rotatable bonds is 7. The summed E-state index contributed by atoms with van der Waals surface area (Å²) in [6.45, 7) is 2.31. The van der Waals surface area contributed by atoms with Crippen LogP contribution in [0.3, 0.4) is 0 Å². The number of aromatic nitrogens is 1. The third-order valence-electron chi connectivity index (χ3n) is 2.74. The van der Waals surface area contributed by atoms with Gasteiger partial charge in [0.05, 0.1) is 12.8 Å². The molecule has 1 aromatic carbocycles. The van der Waals surface area contributed by atoms with Gasteiger partial charge in [-0.1, -0.05) is 22.0 Å². The van der Waals surface area contributed by atoms with Crippen LogP contribution in [0.2, 0.25) is 0 Å². The fourth-order valence-corrected chi connectivity index (χ4v) is 2.56. The molecule has 2 aromatic rings. The summed E-state index contributed by atoms with van der Waals surface area (Å²) < 4.78 is 12.7. The number of pyridine rings is 1. The van der Waals surface area contributed by atoms with Gasteiger partial charge < -0.3 is 14.8 Å². The van der Waals surface area contributed by atoms with Gasteiger partial charge in [-0.15, -0.1) is 0 Å². The average Bonchev–Trinajstić information content (AvgIpc) is 2.45. The molecule has 21 heavy (non-hydrogen) atoms. The van der Waals surface area contributed by atoms with E-state index in [1.807, 2.05) is 24.3 Å². The number of halogens is 2. The molecule has 0 unspecified atom stereocenters. The first-order chi connectivity index (χ1) is 10.2. The van der Waals surface area contributed by atoms with Crippen molar-refractivity contribution in [2.45, 2.75) is 6.54 Å². The van der Waals surface area contributed by atoms with Gasteiger partial charge in [-0.05, 0) is 39.7 Å². The summed E-state index contributed by atoms with van der Waals surface area (Å²) >= 11 is 6.94. The Morgan fingerprint density at radius 3 is 2.71 bits per heavy atom. The van der Waals surface area contributed by atoms with Crippen LogP contribution in [-0.4, -0.2) is 25.2 Å². The lowest BCUT2D eigenvalue weighted by atomic mass is 10.2. The summed E-state index contributed by atoms with van der Waals surface area (Å²) in [4.78, 5) is 4.07. The van der Waals surface area contributed by atoms with Crippen LogP contribution in [-0.2, 0) is 11.3 Å². The van der Waals surface area contributed by atoms with Crippen LogP contribution in [0, 0.1) is 0 Å². The molecule has 6 heteroatoms. The Labute approximate surface area is 141 Å². The van der Waals surface area contributed by atoms with E-state index < -0.39 is 0 Å². The summed E-state index contributed by atoms with van der Waals surface area (Å²) in [5.41, 5.74) is 1.17. The molecule has 0 bridgehead atoms. The van der Waals surface area contributed by atoms with E-state index in [-0.39, 0.29) is 0 Å². The first-order valence-electron chi connectivity index (χ1n) is 6.45. The predicted octanol–water partition coefficient (Wildman–Crippen LogP) is 4.13. The fraction of sp³-hybridized carbons (Fsp3) is 0.267. The van der Waals surface area contributed by atoms with Gasteiger partial charge in [0.15, 0.2) is 0 Å². The number of hydrogen-bond acceptors (Lipinski definition) is 4. The van der Waals surface area contributed by atoms with Crippen LogP contribution in [0.5, 0.6) is 11.5 Å². The second kappa shape index (κ2) is 8.48. The van der Waals surface area contributed by atoms with Crippen LogP contribution >= 0.6 is 31.9 Å². The fourth-order valence-electron chi connectivity index (χ4n) is 1.72. The van der Waals surface area contributed by atoms with Crippen molar-refractivity contribution in [3.8, 4) is 11.5 Å². The van der Waals surface area contributed by atoms with E-state index in [0.717, 1.165) is 27.8 Å². The number of ether oxygens (including phenoxy) is 2. The molecule has 0 amide bonds. The van der Waals surface area contributed by atoms with Gasteiger partial charge in [-0.3, -0.25) is 4.98 Å². The van der Waals surface area contributed by atoms with Crippen LogP contribution in [0.4, 0.5) is 0 Å². The van der Waals surface area contributed by atoms with Crippen molar-refractivity contribution in [2.24, 2.45) is 0 Å². The zero-order valence-corrected chi connectivity index (χ0v) is 14.8. The average molecular weight is 416 g/mol. The molecule has 4 nitrogen and oxygen atoms in total. The van der Waals surface area contributed by atoms with Crippen molar-refractivity contribution in [1.29, 1.82) is 0 Å². The molecule has 0 saturated carbocycles. The quantitative estimate of drug-likeness (QED) is 0.690. The monoisotopic (exact) mass is 414 g/mol. The minimum Gasteiger partial charge on any atom is -0.456 e. The second-order valence-corrected chi connectivity index (χ2v) is 6.13. The van der Waals surface area contributed by atoms with Crippen LogP contribution in [0.1, 0.15) is 5.56 Å². The Balaban J connectivity index is 1.98. The van der Waals surface area contributed by atoms with E-state index in [1.165, 1.54) is 5.56 Å². The van der Waals surface area contributed by atoms with Crippen molar-refractivity contribution in [2.75, 3.05) is 20.3 Å². The molecule has 1 aromatic heterocycles. The van der Waals surface area contributed by atoms with Crippen LogP contribution in [0.15, 0.2) is 45.6 Å². The highest BCUT2D eigenvalue weighted by molar-refractivity contribution is 9.10. The number of nitrogens with one attached hydrogen (secondary N) is 1. The number of methoxy groups -OCH3 is 1. The van der Waals surface area contributed by atoms with E-state index in [9.17, 15) is 0 Å². The summed E-state index contributed by atoms with van der Waals surface area (Å²) in [7, 11) is 1.69. The maximum absolute atomic E-state index is 5.78. The molecular formula is C15H16Br2N2O2. The van der Waals surface area contributed by atoms with Crippen LogP contribution < -0.4 is 10.1 Å². The van der Waals surface area contributed by atoms with Gasteiger partial charge in [-0.25, -0.2) is 0 Å². The summed E-state index contributed by atoms with van der Waals surface area (Å²) in [5.74, 6) is 1.46. The first-order valence-corrected chi connectivity index (χ1v) is 8.04. The Hall–Kier alpha value is -0.950. The van der Waals surface area contributed by atoms with Crippen molar-refractivity contribution in [3.05, 3.63) is 51.2 Å². The van der Waals surface area contributed by atoms with Gasteiger partial charge in [0.25, 0.3) is 0 Å². The molecule has 0 atom stereocenters. The molecule has 2 rings (SSSR count). The maximum atomic E-state index is 5.78. The lowest BCUT2D eigenvalue weighted by Gasteiger charge is -2.10. The van der Waals surface area contributed by atoms with Crippen molar-refractivity contribution < 1.29 is 9.47 Å². The Bertz CT molecular complexity index is 594. The first kappa shape index (κ1) is 16.4. The minimum atomic E-state index is 0.697. The van der Waals surface area contributed by atoms with E-state index in [2.05, 4.69) is 42.2 Å². The molecule has 0 aliphatic rings. The van der Waals surface area contributed by atoms with Gasteiger partial charge in [0, 0.05) is 35.3 Å². The minimum absolute atomic E-state index is 0.697.